The molecule has 0 saturated carbocycles. The van der Waals surface area contributed by atoms with E-state index in [1.165, 1.54) is 0 Å². The van der Waals surface area contributed by atoms with Crippen LogP contribution in [0.3, 0.4) is 0 Å². The molecule has 0 aromatic heterocycles. The van der Waals surface area contributed by atoms with Crippen molar-refractivity contribution < 1.29 is 33.5 Å². The second-order valence-electron chi connectivity index (χ2n) is 4.27. The van der Waals surface area contributed by atoms with Gasteiger partial charge in [-0.25, -0.2) is 0 Å². The number of Topliss-reactive ketones (excluding diaryl/α,β-unsaturated/α-hetero) is 1. The molecule has 19 heavy (non-hydrogen) atoms. The van der Waals surface area contributed by atoms with Gasteiger partial charge < -0.3 is 31.0 Å². The summed E-state index contributed by atoms with van der Waals surface area (Å²) in [5.74, 6) is -0.149. The van der Waals surface area contributed by atoms with Crippen LogP contribution < -0.4 is 11.5 Å². The number of ketones is 1. The number of hydrogen-bond donors (Lipinski definition) is 6. The standard InChI is InChI=1S/C8H20N2O7P2/c9-6-7(11)4-2-1-3-5-8(10,18(12,13)14)19(15,16)17/h1-6,9-10H2,(H2,12,13,14)(H2,15,16,17). The van der Waals surface area contributed by atoms with Crippen molar-refractivity contribution in [3.63, 3.8) is 0 Å². The molecule has 0 atom stereocenters. The number of carbonyl (C=O) groups excluding carboxylic acids is 1. The summed E-state index contributed by atoms with van der Waals surface area (Å²) in [7, 11) is -10.3. The molecular weight excluding hydrogens is 298 g/mol. The molecule has 0 aromatic rings. The maximum absolute atomic E-state index is 11.1. The van der Waals surface area contributed by atoms with Gasteiger partial charge in [-0.15, -0.1) is 0 Å². The van der Waals surface area contributed by atoms with Gasteiger partial charge in [-0.3, -0.25) is 13.9 Å². The van der Waals surface area contributed by atoms with Gasteiger partial charge in [0.15, 0.2) is 0 Å². The van der Waals surface area contributed by atoms with Crippen LogP contribution in [-0.4, -0.2) is 36.9 Å². The van der Waals surface area contributed by atoms with Crippen molar-refractivity contribution >= 4 is 21.0 Å². The van der Waals surface area contributed by atoms with Crippen LogP contribution in [-0.2, 0) is 13.9 Å². The number of unbranched alkanes of at least 4 members (excludes halogenated alkanes) is 2. The average molecular weight is 318 g/mol. The van der Waals surface area contributed by atoms with E-state index in [0.717, 1.165) is 0 Å². The normalized spacial score (nSPS) is 13.6. The van der Waals surface area contributed by atoms with Gasteiger partial charge >= 0.3 is 15.2 Å². The number of hydrogen-bond acceptors (Lipinski definition) is 5. The fourth-order valence-electron chi connectivity index (χ4n) is 1.45. The van der Waals surface area contributed by atoms with Crippen molar-refractivity contribution in [1.29, 1.82) is 0 Å². The summed E-state index contributed by atoms with van der Waals surface area (Å²) < 4.78 is 22.2. The summed E-state index contributed by atoms with van der Waals surface area (Å²) in [6, 6.07) is 0. The fourth-order valence-corrected chi connectivity index (χ4v) is 3.70. The first kappa shape index (κ1) is 18.9. The molecule has 0 aliphatic heterocycles. The molecule has 0 aliphatic carbocycles. The topological polar surface area (TPSA) is 184 Å². The molecule has 0 unspecified atom stereocenters. The van der Waals surface area contributed by atoms with E-state index in [1.807, 2.05) is 0 Å². The van der Waals surface area contributed by atoms with E-state index in [4.69, 9.17) is 31.0 Å². The van der Waals surface area contributed by atoms with E-state index >= 15 is 0 Å². The van der Waals surface area contributed by atoms with Crippen molar-refractivity contribution in [3.05, 3.63) is 0 Å². The SMILES string of the molecule is NCC(=O)CCCCCC(N)(P(=O)(O)O)P(=O)(O)O. The highest BCUT2D eigenvalue weighted by Gasteiger charge is 2.56. The van der Waals surface area contributed by atoms with E-state index in [0.29, 0.717) is 12.8 Å². The van der Waals surface area contributed by atoms with Crippen molar-refractivity contribution in [1.82, 2.24) is 0 Å². The highest BCUT2D eigenvalue weighted by molar-refractivity contribution is 7.72. The van der Waals surface area contributed by atoms with Gasteiger partial charge in [-0.1, -0.05) is 12.8 Å². The Hall–Kier alpha value is -0.110. The second kappa shape index (κ2) is 7.06. The lowest BCUT2D eigenvalue weighted by atomic mass is 10.1. The molecule has 0 aliphatic rings. The Morgan fingerprint density at radius 1 is 1.00 bits per heavy atom. The van der Waals surface area contributed by atoms with E-state index in [-0.39, 0.29) is 25.2 Å². The van der Waals surface area contributed by atoms with Gasteiger partial charge in [-0.05, 0) is 12.8 Å². The first-order chi connectivity index (χ1) is 8.45. The Balaban J connectivity index is 4.45. The van der Waals surface area contributed by atoms with Crippen LogP contribution in [0.1, 0.15) is 32.1 Å². The first-order valence-corrected chi connectivity index (χ1v) is 8.80. The maximum atomic E-state index is 11.1. The molecule has 0 bridgehead atoms. The zero-order valence-electron chi connectivity index (χ0n) is 10.3. The number of carbonyl (C=O) groups is 1. The average Bonchev–Trinajstić information content (AvgIpc) is 2.24. The molecule has 11 heteroatoms. The van der Waals surface area contributed by atoms with E-state index < -0.39 is 26.6 Å². The minimum atomic E-state index is -5.16. The second-order valence-corrected chi connectivity index (χ2v) is 8.40. The molecule has 0 aromatic carbocycles. The van der Waals surface area contributed by atoms with Crippen LogP contribution in [0, 0.1) is 0 Å². The first-order valence-electron chi connectivity index (χ1n) is 5.57. The van der Waals surface area contributed by atoms with Gasteiger partial charge in [0.25, 0.3) is 0 Å². The predicted octanol–water partition coefficient (Wildman–Crippen LogP) is -0.567. The summed E-state index contributed by atoms with van der Waals surface area (Å²) in [5, 5.41) is -2.86. The summed E-state index contributed by atoms with van der Waals surface area (Å²) in [6.07, 6.45) is 0.571. The van der Waals surface area contributed by atoms with Crippen molar-refractivity contribution in [2.75, 3.05) is 6.54 Å². The molecule has 8 N–H and O–H groups in total. The third kappa shape index (κ3) is 5.41. The van der Waals surface area contributed by atoms with Gasteiger partial charge in [0.2, 0.25) is 5.02 Å². The molecule has 114 valence electrons. The summed E-state index contributed by atoms with van der Waals surface area (Å²) in [4.78, 5) is 46.8. The third-order valence-corrected chi connectivity index (χ3v) is 6.76. The van der Waals surface area contributed by atoms with Crippen LogP contribution in [0.5, 0.6) is 0 Å². The van der Waals surface area contributed by atoms with Crippen molar-refractivity contribution in [3.8, 4) is 0 Å². The van der Waals surface area contributed by atoms with Gasteiger partial charge in [0.1, 0.15) is 5.78 Å². The Morgan fingerprint density at radius 3 is 1.84 bits per heavy atom. The molecule has 0 saturated heterocycles. The highest BCUT2D eigenvalue weighted by atomic mass is 31.2. The summed E-state index contributed by atoms with van der Waals surface area (Å²) >= 11 is 0. The number of nitrogens with two attached hydrogens (primary N) is 2. The summed E-state index contributed by atoms with van der Waals surface area (Å²) in [5.41, 5.74) is 10.3. The van der Waals surface area contributed by atoms with E-state index in [2.05, 4.69) is 0 Å². The lowest BCUT2D eigenvalue weighted by Gasteiger charge is -2.30. The Morgan fingerprint density at radius 2 is 1.47 bits per heavy atom. The zero-order valence-corrected chi connectivity index (χ0v) is 12.1. The Kier molecular flexibility index (Phi) is 7.02. The minimum absolute atomic E-state index is 0.0776. The van der Waals surface area contributed by atoms with Gasteiger partial charge in [0, 0.05) is 6.42 Å². The molecule has 0 heterocycles. The van der Waals surface area contributed by atoms with Gasteiger partial charge in [-0.2, -0.15) is 0 Å². The quantitative estimate of drug-likeness (QED) is 0.239. The molecule has 0 radical (unpaired) electrons. The Bertz CT molecular complexity index is 380. The number of rotatable bonds is 9. The molecule has 0 rings (SSSR count). The molecule has 9 nitrogen and oxygen atoms in total. The van der Waals surface area contributed by atoms with E-state index in [9.17, 15) is 13.9 Å². The van der Waals surface area contributed by atoms with Crippen LogP contribution in [0.4, 0.5) is 0 Å². The largest absolute Gasteiger partial charge is 0.357 e. The highest BCUT2D eigenvalue weighted by Crippen LogP contribution is 2.67. The van der Waals surface area contributed by atoms with Crippen molar-refractivity contribution in [2.45, 2.75) is 37.1 Å². The monoisotopic (exact) mass is 318 g/mol. The Labute approximate surface area is 110 Å². The van der Waals surface area contributed by atoms with Crippen LogP contribution in [0.15, 0.2) is 0 Å². The third-order valence-electron chi connectivity index (χ3n) is 2.74. The van der Waals surface area contributed by atoms with Crippen LogP contribution in [0.2, 0.25) is 0 Å². The minimum Gasteiger partial charge on any atom is -0.324 e. The van der Waals surface area contributed by atoms with Crippen LogP contribution >= 0.6 is 15.2 Å². The lowest BCUT2D eigenvalue weighted by Crippen LogP contribution is -2.39. The summed E-state index contributed by atoms with van der Waals surface area (Å²) in [6.45, 7) is -0.0776. The fraction of sp³-hybridized carbons (Fsp3) is 0.875. The molecule has 0 amide bonds. The van der Waals surface area contributed by atoms with Crippen molar-refractivity contribution in [2.24, 2.45) is 11.5 Å². The van der Waals surface area contributed by atoms with Crippen LogP contribution in [0.25, 0.3) is 0 Å². The molecule has 0 fully saturated rings. The smallest absolute Gasteiger partial charge is 0.324 e. The van der Waals surface area contributed by atoms with E-state index in [1.54, 1.807) is 0 Å². The maximum Gasteiger partial charge on any atom is 0.357 e. The molecule has 0 spiro atoms. The zero-order chi connectivity index (χ0) is 15.3. The molecular formula is C8H20N2O7P2. The predicted molar refractivity (Wildman–Crippen MR) is 68.2 cm³/mol. The van der Waals surface area contributed by atoms with Gasteiger partial charge in [0.05, 0.1) is 6.54 Å². The lowest BCUT2D eigenvalue weighted by molar-refractivity contribution is -0.117.